The van der Waals surface area contributed by atoms with Gasteiger partial charge in [0.1, 0.15) is 18.0 Å². The summed E-state index contributed by atoms with van der Waals surface area (Å²) in [5.74, 6) is -0.614. The molecule has 1 aromatic carbocycles. The van der Waals surface area contributed by atoms with Gasteiger partial charge in [0.15, 0.2) is 0 Å². The van der Waals surface area contributed by atoms with Crippen LogP contribution in [0.5, 0.6) is 5.88 Å². The second-order valence-corrected chi connectivity index (χ2v) is 9.70. The number of benzene rings is 1. The maximum absolute atomic E-state index is 14.4. The molecule has 2 heterocycles. The molecule has 0 spiro atoms. The van der Waals surface area contributed by atoms with Gasteiger partial charge >= 0.3 is 12.1 Å². The van der Waals surface area contributed by atoms with Crippen LogP contribution >= 0.6 is 15.9 Å². The van der Waals surface area contributed by atoms with Gasteiger partial charge in [-0.1, -0.05) is 6.07 Å². The summed E-state index contributed by atoms with van der Waals surface area (Å²) < 4.78 is 30.7. The molecule has 0 unspecified atom stereocenters. The Bertz CT molecular complexity index is 1020. The molecule has 0 radical (unpaired) electrons. The number of hydrogen-bond acceptors (Lipinski definition) is 6. The monoisotopic (exact) mass is 522 g/mol. The minimum absolute atomic E-state index is 0.0422. The summed E-state index contributed by atoms with van der Waals surface area (Å²) in [4.78, 5) is 30.3. The lowest BCUT2D eigenvalue weighted by molar-refractivity contribution is 0.0203. The number of rotatable bonds is 5. The number of hydrogen-bond donors (Lipinski definition) is 0. The number of amides is 1. The maximum atomic E-state index is 14.4. The third-order valence-corrected chi connectivity index (χ3v) is 5.88. The lowest BCUT2D eigenvalue weighted by Crippen LogP contribution is -2.41. The average Bonchev–Trinajstić information content (AvgIpc) is 2.78. The lowest BCUT2D eigenvalue weighted by atomic mass is 9.93. The molecule has 0 atom stereocenters. The molecule has 7 nitrogen and oxygen atoms in total. The van der Waals surface area contributed by atoms with Crippen LogP contribution in [0.2, 0.25) is 0 Å². The number of piperidine rings is 1. The maximum Gasteiger partial charge on any atom is 0.410 e. The van der Waals surface area contributed by atoms with E-state index in [9.17, 15) is 14.0 Å². The molecule has 3 rings (SSSR count). The van der Waals surface area contributed by atoms with Gasteiger partial charge in [-0.2, -0.15) is 0 Å². The molecule has 33 heavy (non-hydrogen) atoms. The number of aromatic nitrogens is 1. The molecule has 1 aliphatic rings. The second kappa shape index (κ2) is 10.5. The zero-order chi connectivity index (χ0) is 24.2. The van der Waals surface area contributed by atoms with Gasteiger partial charge in [-0.05, 0) is 67.7 Å². The summed E-state index contributed by atoms with van der Waals surface area (Å²) in [7, 11) is 1.24. The molecule has 0 saturated carbocycles. The summed E-state index contributed by atoms with van der Waals surface area (Å²) in [5, 5.41) is 0. The fourth-order valence-corrected chi connectivity index (χ4v) is 4.09. The van der Waals surface area contributed by atoms with Gasteiger partial charge in [0.25, 0.3) is 0 Å². The zero-order valence-electron chi connectivity index (χ0n) is 19.2. The Morgan fingerprint density at radius 3 is 2.55 bits per heavy atom. The van der Waals surface area contributed by atoms with Gasteiger partial charge in [-0.3, -0.25) is 0 Å². The Kier molecular flexibility index (Phi) is 7.94. The van der Waals surface area contributed by atoms with Crippen molar-refractivity contribution in [2.24, 2.45) is 0 Å². The molecule has 178 valence electrons. The molecule has 0 N–H and O–H groups in total. The number of halogens is 2. The van der Waals surface area contributed by atoms with Crippen LogP contribution in [0.25, 0.3) is 0 Å². The SMILES string of the molecule is COC(=O)c1cc(F)c(COc2cccc(C3CCN(C(=O)OC(C)(C)C)CC3)n2)cc1Br. The van der Waals surface area contributed by atoms with Crippen LogP contribution < -0.4 is 4.74 Å². The summed E-state index contributed by atoms with van der Waals surface area (Å²) >= 11 is 3.27. The predicted octanol–water partition coefficient (Wildman–Crippen LogP) is 5.46. The van der Waals surface area contributed by atoms with Crippen molar-refractivity contribution in [2.75, 3.05) is 20.2 Å². The largest absolute Gasteiger partial charge is 0.473 e. The van der Waals surface area contributed by atoms with E-state index in [2.05, 4.69) is 25.7 Å². The first-order valence-corrected chi connectivity index (χ1v) is 11.5. The van der Waals surface area contributed by atoms with Gasteiger partial charge in [-0.25, -0.2) is 19.0 Å². The molecule has 1 amide bonds. The van der Waals surface area contributed by atoms with E-state index in [0.29, 0.717) is 23.4 Å². The number of esters is 1. The minimum Gasteiger partial charge on any atom is -0.473 e. The molecule has 9 heteroatoms. The molecular formula is C24H28BrFN2O5. The van der Waals surface area contributed by atoms with Crippen LogP contribution in [0, 0.1) is 5.82 Å². The summed E-state index contributed by atoms with van der Waals surface area (Å²) in [6.07, 6.45) is 1.25. The lowest BCUT2D eigenvalue weighted by Gasteiger charge is -2.33. The molecule has 0 aliphatic carbocycles. The number of carbonyl (C=O) groups is 2. The van der Waals surface area contributed by atoms with Gasteiger partial charge in [-0.15, -0.1) is 0 Å². The van der Waals surface area contributed by atoms with Crippen molar-refractivity contribution >= 4 is 28.0 Å². The molecule has 0 bridgehead atoms. The standard InChI is InChI=1S/C24H28BrFN2O5/c1-24(2,3)33-23(30)28-10-8-15(9-11-28)20-6-5-7-21(27-20)32-14-16-12-18(25)17(13-19(16)26)22(29)31-4/h5-7,12-13,15H,8-11,14H2,1-4H3. The van der Waals surface area contributed by atoms with Crippen LogP contribution in [0.1, 0.15) is 61.1 Å². The van der Waals surface area contributed by atoms with E-state index in [1.807, 2.05) is 32.9 Å². The zero-order valence-corrected chi connectivity index (χ0v) is 20.8. The number of methoxy groups -OCH3 is 1. The third kappa shape index (κ3) is 6.66. The van der Waals surface area contributed by atoms with Crippen LogP contribution in [-0.4, -0.2) is 47.7 Å². The first-order chi connectivity index (χ1) is 15.6. The molecule has 2 aromatic rings. The smallest absolute Gasteiger partial charge is 0.410 e. The van der Waals surface area contributed by atoms with Crippen LogP contribution in [0.15, 0.2) is 34.8 Å². The number of carbonyl (C=O) groups excluding carboxylic acids is 2. The van der Waals surface area contributed by atoms with Crippen molar-refractivity contribution < 1.29 is 28.2 Å². The quantitative estimate of drug-likeness (QED) is 0.485. The Morgan fingerprint density at radius 1 is 1.21 bits per heavy atom. The highest BCUT2D eigenvalue weighted by atomic mass is 79.9. The third-order valence-electron chi connectivity index (χ3n) is 5.23. The number of ether oxygens (including phenoxy) is 3. The fraction of sp³-hybridized carbons (Fsp3) is 0.458. The van der Waals surface area contributed by atoms with E-state index < -0.39 is 17.4 Å². The predicted molar refractivity (Wildman–Crippen MR) is 124 cm³/mol. The number of likely N-dealkylation sites (tertiary alicyclic amines) is 1. The van der Waals surface area contributed by atoms with E-state index >= 15 is 0 Å². The van der Waals surface area contributed by atoms with Crippen LogP contribution in [0.4, 0.5) is 9.18 Å². The van der Waals surface area contributed by atoms with E-state index in [1.165, 1.54) is 13.2 Å². The molecule has 1 aromatic heterocycles. The van der Waals surface area contributed by atoms with E-state index in [4.69, 9.17) is 9.47 Å². The van der Waals surface area contributed by atoms with Gasteiger partial charge in [0, 0.05) is 40.8 Å². The minimum atomic E-state index is -0.625. The highest BCUT2D eigenvalue weighted by Gasteiger charge is 2.28. The highest BCUT2D eigenvalue weighted by Crippen LogP contribution is 2.29. The highest BCUT2D eigenvalue weighted by molar-refractivity contribution is 9.10. The average molecular weight is 523 g/mol. The Morgan fingerprint density at radius 2 is 1.91 bits per heavy atom. The Labute approximate surface area is 201 Å². The van der Waals surface area contributed by atoms with Crippen molar-refractivity contribution in [3.63, 3.8) is 0 Å². The van der Waals surface area contributed by atoms with E-state index in [1.54, 1.807) is 11.0 Å². The first-order valence-electron chi connectivity index (χ1n) is 10.7. The van der Waals surface area contributed by atoms with E-state index in [0.717, 1.165) is 24.6 Å². The van der Waals surface area contributed by atoms with Crippen molar-refractivity contribution in [1.82, 2.24) is 9.88 Å². The second-order valence-electron chi connectivity index (χ2n) is 8.85. The van der Waals surface area contributed by atoms with Crippen molar-refractivity contribution in [2.45, 2.75) is 51.7 Å². The van der Waals surface area contributed by atoms with Crippen LogP contribution in [-0.2, 0) is 16.1 Å². The number of nitrogens with zero attached hydrogens (tertiary/aromatic N) is 2. The van der Waals surface area contributed by atoms with E-state index in [-0.39, 0.29) is 29.7 Å². The topological polar surface area (TPSA) is 78.0 Å². The van der Waals surface area contributed by atoms with Gasteiger partial charge in [0.2, 0.25) is 5.88 Å². The molecule has 1 saturated heterocycles. The van der Waals surface area contributed by atoms with Gasteiger partial charge < -0.3 is 19.1 Å². The van der Waals surface area contributed by atoms with Gasteiger partial charge in [0.05, 0.1) is 12.7 Å². The van der Waals surface area contributed by atoms with Crippen molar-refractivity contribution in [3.05, 3.63) is 57.4 Å². The summed E-state index contributed by atoms with van der Waals surface area (Å²) in [6, 6.07) is 8.12. The fourth-order valence-electron chi connectivity index (χ4n) is 3.54. The van der Waals surface area contributed by atoms with Crippen molar-refractivity contribution in [1.29, 1.82) is 0 Å². The Hall–Kier alpha value is -2.68. The van der Waals surface area contributed by atoms with Crippen LogP contribution in [0.3, 0.4) is 0 Å². The summed E-state index contributed by atoms with van der Waals surface area (Å²) in [5.41, 5.74) is 0.749. The molecule has 1 fully saturated rings. The first kappa shape index (κ1) is 25.0. The number of pyridine rings is 1. The normalized spacial score (nSPS) is 14.7. The molecular weight excluding hydrogens is 495 g/mol. The summed E-state index contributed by atoms with van der Waals surface area (Å²) in [6.45, 7) is 6.71. The Balaban J connectivity index is 1.60. The van der Waals surface area contributed by atoms with Crippen molar-refractivity contribution in [3.8, 4) is 5.88 Å². The molecule has 1 aliphatic heterocycles.